The highest BCUT2D eigenvalue weighted by molar-refractivity contribution is 7.95. The van der Waals surface area contributed by atoms with Crippen LogP contribution in [0.4, 0.5) is 14.9 Å². The smallest absolute Gasteiger partial charge is 0.408 e. The molecule has 0 heterocycles. The van der Waals surface area contributed by atoms with E-state index >= 15 is 0 Å². The number of rotatable bonds is 8. The Balaban J connectivity index is 0.00000392. The second-order valence-electron chi connectivity index (χ2n) is 6.23. The molecule has 0 saturated carbocycles. The third-order valence-electron chi connectivity index (χ3n) is 3.75. The molecule has 0 aliphatic heterocycles. The van der Waals surface area contributed by atoms with Crippen LogP contribution in [0, 0.1) is 5.82 Å². The number of halogens is 2. The van der Waals surface area contributed by atoms with Crippen molar-refractivity contribution in [1.29, 1.82) is 0 Å². The molecule has 2 rings (SSSR count). The van der Waals surface area contributed by atoms with Crippen molar-refractivity contribution in [3.05, 3.63) is 66.0 Å². The fourth-order valence-electron chi connectivity index (χ4n) is 2.29. The summed E-state index contributed by atoms with van der Waals surface area (Å²) in [6.45, 7) is 0.130. The van der Waals surface area contributed by atoms with E-state index in [4.69, 9.17) is 4.74 Å². The first-order valence-corrected chi connectivity index (χ1v) is 10.7. The maximum absolute atomic E-state index is 13.0. The van der Waals surface area contributed by atoms with Crippen LogP contribution in [0.25, 0.3) is 0 Å². The van der Waals surface area contributed by atoms with Crippen LogP contribution in [-0.2, 0) is 27.0 Å². The molecule has 0 aromatic heterocycles. The van der Waals surface area contributed by atoms with Gasteiger partial charge >= 0.3 is 6.09 Å². The van der Waals surface area contributed by atoms with E-state index in [1.54, 1.807) is 0 Å². The van der Waals surface area contributed by atoms with Gasteiger partial charge in [-0.25, -0.2) is 9.18 Å². The molecular weight excluding hydrogens is 494 g/mol. The van der Waals surface area contributed by atoms with E-state index in [9.17, 15) is 14.0 Å². The largest absolute Gasteiger partial charge is 1.00 e. The van der Waals surface area contributed by atoms with E-state index < -0.39 is 12.1 Å². The number of alkyl carbamates (subject to hydrolysis) is 1. The van der Waals surface area contributed by atoms with Gasteiger partial charge < -0.3 is 39.3 Å². The summed E-state index contributed by atoms with van der Waals surface area (Å²) in [6.07, 6.45) is 3.99. The van der Waals surface area contributed by atoms with Gasteiger partial charge in [-0.1, -0.05) is 30.3 Å². The maximum atomic E-state index is 13.0. The second-order valence-corrected chi connectivity index (χ2v) is 8.61. The van der Waals surface area contributed by atoms with Crippen LogP contribution in [-0.4, -0.2) is 36.3 Å². The van der Waals surface area contributed by atoms with Crippen molar-refractivity contribution in [3.63, 3.8) is 0 Å². The molecule has 0 unspecified atom stereocenters. The molecule has 0 spiro atoms. The number of carbonyl (C=O) groups excluding carboxylic acids is 2. The first-order chi connectivity index (χ1) is 12.9. The third-order valence-corrected chi connectivity index (χ3v) is 4.80. The fourth-order valence-corrected chi connectivity index (χ4v) is 3.00. The minimum Gasteiger partial charge on any atom is -1.00 e. The van der Waals surface area contributed by atoms with Crippen molar-refractivity contribution in [2.75, 3.05) is 23.6 Å². The molecule has 2 N–H and O–H groups in total. The highest BCUT2D eigenvalue weighted by Gasteiger charge is 2.23. The number of carbonyl (C=O) groups is 2. The molecule has 2 aromatic carbocycles. The van der Waals surface area contributed by atoms with Gasteiger partial charge in [-0.3, -0.25) is 4.79 Å². The summed E-state index contributed by atoms with van der Waals surface area (Å²) in [4.78, 5) is 24.7. The van der Waals surface area contributed by atoms with Gasteiger partial charge in [0.2, 0.25) is 5.91 Å². The lowest BCUT2D eigenvalue weighted by molar-refractivity contribution is -0.118. The van der Waals surface area contributed by atoms with Crippen molar-refractivity contribution in [1.82, 2.24) is 5.32 Å². The lowest BCUT2D eigenvalue weighted by Crippen LogP contribution is -3.00. The van der Waals surface area contributed by atoms with Gasteiger partial charge in [0.25, 0.3) is 0 Å². The summed E-state index contributed by atoms with van der Waals surface area (Å²) in [7, 11) is 0.128. The Kier molecular flexibility index (Phi) is 10.9. The SMILES string of the molecule is C[S+](C)CC[C@H](NC(=O)OCc1ccccc1)C(=O)Nc1ccc(F)cc1.[I-]. The van der Waals surface area contributed by atoms with E-state index in [1.807, 2.05) is 30.3 Å². The topological polar surface area (TPSA) is 67.4 Å². The summed E-state index contributed by atoms with van der Waals surface area (Å²) < 4.78 is 18.2. The van der Waals surface area contributed by atoms with E-state index in [1.165, 1.54) is 24.3 Å². The predicted octanol–water partition coefficient (Wildman–Crippen LogP) is 0.331. The van der Waals surface area contributed by atoms with Crippen LogP contribution in [0.15, 0.2) is 54.6 Å². The molecule has 8 heteroatoms. The molecule has 0 aliphatic carbocycles. The van der Waals surface area contributed by atoms with Gasteiger partial charge in [0.1, 0.15) is 24.2 Å². The third kappa shape index (κ3) is 8.92. The molecule has 5 nitrogen and oxygen atoms in total. The first-order valence-electron chi connectivity index (χ1n) is 8.52. The van der Waals surface area contributed by atoms with Gasteiger partial charge in [-0.15, -0.1) is 0 Å². The molecule has 28 heavy (non-hydrogen) atoms. The quantitative estimate of drug-likeness (QED) is 0.391. The maximum Gasteiger partial charge on any atom is 0.408 e. The minimum absolute atomic E-state index is 0. The first kappa shape index (κ1) is 24.2. The van der Waals surface area contributed by atoms with Crippen LogP contribution in [0.5, 0.6) is 0 Å². The number of benzene rings is 2. The highest BCUT2D eigenvalue weighted by Crippen LogP contribution is 2.10. The van der Waals surface area contributed by atoms with Crippen LogP contribution in [0.2, 0.25) is 0 Å². The number of anilines is 1. The van der Waals surface area contributed by atoms with Crippen LogP contribution >= 0.6 is 0 Å². The van der Waals surface area contributed by atoms with Crippen molar-refractivity contribution >= 4 is 28.6 Å². The second kappa shape index (κ2) is 12.6. The summed E-state index contributed by atoms with van der Waals surface area (Å²) in [5.74, 6) is 0.0531. The molecule has 0 radical (unpaired) electrons. The Morgan fingerprint density at radius 3 is 2.32 bits per heavy atom. The van der Waals surface area contributed by atoms with Crippen LogP contribution in [0.3, 0.4) is 0 Å². The number of hydrogen-bond donors (Lipinski definition) is 2. The number of nitrogens with one attached hydrogen (secondary N) is 2. The molecule has 0 saturated heterocycles. The van der Waals surface area contributed by atoms with E-state index in [0.717, 1.165) is 11.3 Å². The zero-order valence-corrected chi connectivity index (χ0v) is 18.8. The molecule has 2 aromatic rings. The highest BCUT2D eigenvalue weighted by atomic mass is 127. The van der Waals surface area contributed by atoms with E-state index in [2.05, 4.69) is 23.1 Å². The Morgan fingerprint density at radius 1 is 1.07 bits per heavy atom. The van der Waals surface area contributed by atoms with Crippen molar-refractivity contribution in [3.8, 4) is 0 Å². The molecule has 0 aliphatic rings. The van der Waals surface area contributed by atoms with Crippen molar-refractivity contribution in [2.24, 2.45) is 0 Å². The van der Waals surface area contributed by atoms with Crippen LogP contribution in [0.1, 0.15) is 12.0 Å². The average molecular weight is 518 g/mol. The minimum atomic E-state index is -0.728. The summed E-state index contributed by atoms with van der Waals surface area (Å²) in [5, 5.41) is 5.33. The molecule has 152 valence electrons. The summed E-state index contributed by atoms with van der Waals surface area (Å²) >= 11 is 0. The predicted molar refractivity (Wildman–Crippen MR) is 107 cm³/mol. The van der Waals surface area contributed by atoms with Crippen molar-refractivity contribution < 1.29 is 42.7 Å². The van der Waals surface area contributed by atoms with Crippen molar-refractivity contribution in [2.45, 2.75) is 19.1 Å². The summed E-state index contributed by atoms with van der Waals surface area (Å²) in [5.41, 5.74) is 1.33. The molecule has 1 atom stereocenters. The van der Waals surface area contributed by atoms with E-state index in [0.29, 0.717) is 12.1 Å². The van der Waals surface area contributed by atoms with Gasteiger partial charge in [0.05, 0.1) is 12.5 Å². The zero-order valence-electron chi connectivity index (χ0n) is 15.8. The molecule has 0 fully saturated rings. The van der Waals surface area contributed by atoms with Gasteiger partial charge in [0, 0.05) is 12.1 Å². The Morgan fingerprint density at radius 2 is 1.71 bits per heavy atom. The molecule has 2 amide bonds. The van der Waals surface area contributed by atoms with Gasteiger partial charge in [-0.2, -0.15) is 0 Å². The normalized spacial score (nSPS) is 11.3. The van der Waals surface area contributed by atoms with Gasteiger partial charge in [0.15, 0.2) is 0 Å². The number of ether oxygens (including phenoxy) is 1. The fraction of sp³-hybridized carbons (Fsp3) is 0.300. The number of amides is 2. The number of hydrogen-bond acceptors (Lipinski definition) is 3. The lowest BCUT2D eigenvalue weighted by Gasteiger charge is -2.17. The van der Waals surface area contributed by atoms with E-state index in [-0.39, 0.29) is 53.2 Å². The summed E-state index contributed by atoms with van der Waals surface area (Å²) in [6, 6.07) is 14.1. The Labute approximate surface area is 184 Å². The Bertz CT molecular complexity index is 745. The average Bonchev–Trinajstić information content (AvgIpc) is 2.66. The molecular formula is C20H24FIN2O3S. The van der Waals surface area contributed by atoms with Crippen LogP contribution < -0.4 is 34.6 Å². The Hall–Kier alpha value is -1.81. The monoisotopic (exact) mass is 518 g/mol. The molecule has 0 bridgehead atoms. The zero-order chi connectivity index (χ0) is 19.6. The van der Waals surface area contributed by atoms with Gasteiger partial charge in [-0.05, 0) is 40.7 Å². The standard InChI is InChI=1S/C20H23FN2O3S.HI/c1-27(2)13-12-18(19(24)22-17-10-8-16(21)9-11-17)23-20(25)26-14-15-6-4-3-5-7-15;/h3-11,18H,12-14H2,1-2H3,(H-,22,23,24,25);1H/t18-;/m0./s1. The lowest BCUT2D eigenvalue weighted by atomic mass is 10.2.